The lowest BCUT2D eigenvalue weighted by Crippen LogP contribution is -2.27. The van der Waals surface area contributed by atoms with Crippen molar-refractivity contribution >= 4 is 38.0 Å². The summed E-state index contributed by atoms with van der Waals surface area (Å²) in [6, 6.07) is 7.65. The van der Waals surface area contributed by atoms with Crippen LogP contribution in [0.2, 0.25) is 0 Å². The van der Waals surface area contributed by atoms with Crippen molar-refractivity contribution in [3.63, 3.8) is 0 Å². The van der Waals surface area contributed by atoms with Crippen LogP contribution < -0.4 is 5.32 Å². The van der Waals surface area contributed by atoms with Crippen molar-refractivity contribution in [2.24, 2.45) is 0 Å². The zero-order valence-corrected chi connectivity index (χ0v) is 19.3. The van der Waals surface area contributed by atoms with Crippen molar-refractivity contribution in [1.82, 2.24) is 14.8 Å². The van der Waals surface area contributed by atoms with Gasteiger partial charge >= 0.3 is 0 Å². The molecule has 0 radical (unpaired) electrons. The van der Waals surface area contributed by atoms with Crippen LogP contribution in [-0.4, -0.2) is 39.8 Å². The second-order valence-corrected chi connectivity index (χ2v) is 11.8. The van der Waals surface area contributed by atoms with Gasteiger partial charge in [0.05, 0.1) is 32.7 Å². The number of ketones is 1. The molecule has 0 bridgehead atoms. The van der Waals surface area contributed by atoms with Crippen molar-refractivity contribution in [3.8, 4) is 0 Å². The second kappa shape index (κ2) is 7.71. The number of carbonyl (C=O) groups is 1. The minimum atomic E-state index is -3.45. The van der Waals surface area contributed by atoms with Gasteiger partial charge < -0.3 is 10.2 Å². The van der Waals surface area contributed by atoms with E-state index in [1.807, 2.05) is 13.0 Å². The number of anilines is 2. The average molecular weight is 452 g/mol. The standard InChI is InChI=1S/C23H25N5O3S/c1-14-21-19(10-11-25-14)28(20-13-16(29)12-18(20)24-5)27-22(21)26-15-6-8-17(9-7-15)32(30,31)23(2,3)4/h6-11,18,20H,12-13H2,1-4H3,(H,26,27)/t18-,20+/m1/s1. The Morgan fingerprint density at radius 1 is 1.16 bits per heavy atom. The molecule has 0 saturated heterocycles. The van der Waals surface area contributed by atoms with Gasteiger partial charge in [0.25, 0.3) is 6.04 Å². The molecule has 9 heteroatoms. The Balaban J connectivity index is 1.73. The highest BCUT2D eigenvalue weighted by atomic mass is 32.2. The van der Waals surface area contributed by atoms with Gasteiger partial charge in [0.1, 0.15) is 11.8 Å². The number of rotatable bonds is 4. The van der Waals surface area contributed by atoms with E-state index in [1.54, 1.807) is 55.9 Å². The van der Waals surface area contributed by atoms with Crippen LogP contribution >= 0.6 is 0 Å². The fourth-order valence-electron chi connectivity index (χ4n) is 4.00. The van der Waals surface area contributed by atoms with Crippen LogP contribution in [-0.2, 0) is 14.6 Å². The topological polar surface area (TPSA) is 98.3 Å². The predicted molar refractivity (Wildman–Crippen MR) is 123 cm³/mol. The molecule has 166 valence electrons. The lowest BCUT2D eigenvalue weighted by atomic mass is 10.1. The van der Waals surface area contributed by atoms with Gasteiger partial charge in [-0.25, -0.2) is 15.0 Å². The summed E-state index contributed by atoms with van der Waals surface area (Å²) in [6.45, 7) is 14.4. The van der Waals surface area contributed by atoms with Crippen molar-refractivity contribution in [2.45, 2.75) is 62.3 Å². The summed E-state index contributed by atoms with van der Waals surface area (Å²) in [5.41, 5.74) is 2.25. The van der Waals surface area contributed by atoms with Crippen molar-refractivity contribution in [3.05, 3.63) is 53.6 Å². The van der Waals surface area contributed by atoms with Crippen molar-refractivity contribution in [2.75, 3.05) is 5.32 Å². The molecule has 0 amide bonds. The second-order valence-electron chi connectivity index (χ2n) is 9.06. The summed E-state index contributed by atoms with van der Waals surface area (Å²) in [4.78, 5) is 20.3. The third-order valence-corrected chi connectivity index (χ3v) is 8.35. The molecule has 32 heavy (non-hydrogen) atoms. The average Bonchev–Trinajstić information content (AvgIpc) is 3.28. The number of hydrogen-bond donors (Lipinski definition) is 1. The van der Waals surface area contributed by atoms with Crippen molar-refractivity contribution < 1.29 is 13.2 Å². The molecule has 2 heterocycles. The highest BCUT2D eigenvalue weighted by Gasteiger charge is 2.41. The fourth-order valence-corrected chi connectivity index (χ4v) is 5.20. The molecular weight excluding hydrogens is 426 g/mol. The highest BCUT2D eigenvalue weighted by molar-refractivity contribution is 7.92. The molecule has 1 aliphatic carbocycles. The zero-order chi connectivity index (χ0) is 23.3. The first-order valence-corrected chi connectivity index (χ1v) is 11.8. The highest BCUT2D eigenvalue weighted by Crippen LogP contribution is 2.36. The van der Waals surface area contributed by atoms with E-state index in [4.69, 9.17) is 11.7 Å². The Morgan fingerprint density at radius 3 is 2.47 bits per heavy atom. The maximum absolute atomic E-state index is 12.7. The third-order valence-electron chi connectivity index (χ3n) is 5.84. The van der Waals surface area contributed by atoms with E-state index in [0.29, 0.717) is 11.5 Å². The molecule has 1 aromatic carbocycles. The van der Waals surface area contributed by atoms with Gasteiger partial charge in [-0.15, -0.1) is 0 Å². The molecular formula is C23H25N5O3S. The van der Waals surface area contributed by atoms with Crippen LogP contribution in [0.25, 0.3) is 15.7 Å². The summed E-state index contributed by atoms with van der Waals surface area (Å²) in [6.07, 6.45) is 2.21. The molecule has 1 fully saturated rings. The normalized spacial score (nSPS) is 19.3. The van der Waals surface area contributed by atoms with Crippen LogP contribution in [0.15, 0.2) is 41.4 Å². The van der Waals surface area contributed by atoms with E-state index in [2.05, 4.69) is 15.1 Å². The van der Waals surface area contributed by atoms with E-state index in [9.17, 15) is 13.2 Å². The number of nitrogens with zero attached hydrogens (tertiary/aromatic N) is 4. The summed E-state index contributed by atoms with van der Waals surface area (Å²) in [7, 11) is -3.45. The lowest BCUT2D eigenvalue weighted by Gasteiger charge is -2.19. The molecule has 0 spiro atoms. The largest absolute Gasteiger partial charge is 0.338 e. The number of Topliss-reactive ketones (excluding diaryl/α,β-unsaturated/α-hetero) is 1. The minimum absolute atomic E-state index is 0.0654. The minimum Gasteiger partial charge on any atom is -0.338 e. The molecule has 4 rings (SSSR count). The van der Waals surface area contributed by atoms with Gasteiger partial charge in [0, 0.05) is 18.3 Å². The number of nitrogens with one attached hydrogen (secondary N) is 1. The van der Waals surface area contributed by atoms with Gasteiger partial charge in [0.2, 0.25) is 0 Å². The Hall–Kier alpha value is -3.25. The number of pyridine rings is 1. The molecule has 1 N–H and O–H groups in total. The number of fused-ring (bicyclic) bond motifs is 1. The van der Waals surface area contributed by atoms with E-state index in [0.717, 1.165) is 16.6 Å². The summed E-state index contributed by atoms with van der Waals surface area (Å²) < 4.78 is 26.2. The molecule has 3 aromatic rings. The zero-order valence-electron chi connectivity index (χ0n) is 18.5. The van der Waals surface area contributed by atoms with Crippen molar-refractivity contribution in [1.29, 1.82) is 0 Å². The molecule has 8 nitrogen and oxygen atoms in total. The number of hydrogen-bond acceptors (Lipinski definition) is 6. The number of benzene rings is 1. The SMILES string of the molecule is [C-]#[N+][C@@H]1CC(=O)C[C@@H]1n1nc(Nc2ccc(S(=O)(=O)C(C)(C)C)cc2)c2c(C)nccc21. The molecule has 0 unspecified atom stereocenters. The summed E-state index contributed by atoms with van der Waals surface area (Å²) in [5.74, 6) is 0.621. The van der Waals surface area contributed by atoms with Crippen LogP contribution in [0.4, 0.5) is 11.5 Å². The van der Waals surface area contributed by atoms with Crippen LogP contribution in [0.5, 0.6) is 0 Å². The molecule has 1 aliphatic rings. The molecule has 2 aromatic heterocycles. The predicted octanol–water partition coefficient (Wildman–Crippen LogP) is 4.25. The first-order valence-electron chi connectivity index (χ1n) is 10.4. The Bertz CT molecular complexity index is 1350. The van der Waals surface area contributed by atoms with Crippen LogP contribution in [0.1, 0.15) is 45.3 Å². The maximum Gasteiger partial charge on any atom is 0.253 e. The Kier molecular flexibility index (Phi) is 5.29. The summed E-state index contributed by atoms with van der Waals surface area (Å²) >= 11 is 0. The van der Waals surface area contributed by atoms with Crippen LogP contribution in [0.3, 0.4) is 0 Å². The van der Waals surface area contributed by atoms with E-state index in [-0.39, 0.29) is 29.6 Å². The smallest absolute Gasteiger partial charge is 0.253 e. The molecule has 1 saturated carbocycles. The number of aromatic nitrogens is 3. The Morgan fingerprint density at radius 2 is 1.84 bits per heavy atom. The van der Waals surface area contributed by atoms with Gasteiger partial charge in [-0.3, -0.25) is 14.5 Å². The number of aryl methyl sites for hydroxylation is 1. The fraction of sp³-hybridized carbons (Fsp3) is 0.391. The van der Waals surface area contributed by atoms with E-state index >= 15 is 0 Å². The number of carbonyl (C=O) groups excluding carboxylic acids is 1. The molecule has 2 atom stereocenters. The quantitative estimate of drug-likeness (QED) is 0.596. The third kappa shape index (κ3) is 3.65. The van der Waals surface area contributed by atoms with Gasteiger partial charge in [-0.1, -0.05) is 0 Å². The maximum atomic E-state index is 12.7. The van der Waals surface area contributed by atoms with Gasteiger partial charge in [0.15, 0.2) is 15.7 Å². The number of sulfone groups is 1. The first-order chi connectivity index (χ1) is 15.0. The molecule has 0 aliphatic heterocycles. The summed E-state index contributed by atoms with van der Waals surface area (Å²) in [5, 5.41) is 8.79. The lowest BCUT2D eigenvalue weighted by molar-refractivity contribution is -0.117. The monoisotopic (exact) mass is 451 g/mol. The van der Waals surface area contributed by atoms with Crippen LogP contribution in [0, 0.1) is 13.5 Å². The van der Waals surface area contributed by atoms with Gasteiger partial charge in [-0.05, 0) is 58.0 Å². The Labute approximate surface area is 187 Å². The first kappa shape index (κ1) is 22.0. The van der Waals surface area contributed by atoms with E-state index < -0.39 is 20.6 Å². The van der Waals surface area contributed by atoms with E-state index in [1.165, 1.54) is 0 Å². The van der Waals surface area contributed by atoms with Gasteiger partial charge in [-0.2, -0.15) is 5.10 Å².